The van der Waals surface area contributed by atoms with Crippen LogP contribution < -0.4 is 0 Å². The molecule has 2 fully saturated rings. The first-order chi connectivity index (χ1) is 8.76. The van der Waals surface area contributed by atoms with Crippen LogP contribution in [0.3, 0.4) is 0 Å². The molecular formula is C12H18N2O5. The second-order valence-corrected chi connectivity index (χ2v) is 5.51. The second-order valence-electron chi connectivity index (χ2n) is 5.51. The standard InChI is InChI=1S/C6H10N2O2.C6H8O3/c1-6(2,3)10-5(9)4-8-7;7-6(8)5-3-1-9-2-4(3)5/h4H,1-3H3;3-5H,1-2H2,(H,7,8)/t;3-,4+,5?. The van der Waals surface area contributed by atoms with Crippen LogP contribution in [-0.4, -0.2) is 46.9 Å². The van der Waals surface area contributed by atoms with Gasteiger partial charge in [0.2, 0.25) is 0 Å². The van der Waals surface area contributed by atoms with Crippen LogP contribution >= 0.6 is 0 Å². The van der Waals surface area contributed by atoms with Crippen LogP contribution in [0.1, 0.15) is 20.8 Å². The van der Waals surface area contributed by atoms with E-state index in [1.54, 1.807) is 20.8 Å². The molecule has 1 saturated heterocycles. The van der Waals surface area contributed by atoms with Gasteiger partial charge in [-0.1, -0.05) is 0 Å². The van der Waals surface area contributed by atoms with Crippen molar-refractivity contribution < 1.29 is 29.0 Å². The van der Waals surface area contributed by atoms with Crippen LogP contribution in [0.25, 0.3) is 5.53 Å². The van der Waals surface area contributed by atoms with E-state index >= 15 is 0 Å². The van der Waals surface area contributed by atoms with Crippen molar-refractivity contribution in [2.24, 2.45) is 17.8 Å². The largest absolute Gasteiger partial charge is 0.481 e. The Bertz CT molecular complexity index is 399. The summed E-state index contributed by atoms with van der Waals surface area (Å²) >= 11 is 0. The molecule has 1 saturated carbocycles. The van der Waals surface area contributed by atoms with E-state index < -0.39 is 17.5 Å². The van der Waals surface area contributed by atoms with E-state index in [4.69, 9.17) is 20.1 Å². The highest BCUT2D eigenvalue weighted by Crippen LogP contribution is 2.50. The molecular weight excluding hydrogens is 252 g/mol. The first-order valence-corrected chi connectivity index (χ1v) is 5.97. The number of carboxylic acid groups (broad SMARTS) is 1. The molecule has 7 heteroatoms. The molecule has 1 heterocycles. The number of rotatable bonds is 2. The molecule has 7 nitrogen and oxygen atoms in total. The monoisotopic (exact) mass is 270 g/mol. The molecule has 1 aliphatic heterocycles. The Morgan fingerprint density at radius 3 is 2.21 bits per heavy atom. The number of ether oxygens (including phenoxy) is 2. The van der Waals surface area contributed by atoms with Crippen LogP contribution in [-0.2, 0) is 19.1 Å². The van der Waals surface area contributed by atoms with E-state index in [1.165, 1.54) is 0 Å². The van der Waals surface area contributed by atoms with E-state index in [2.05, 4.69) is 4.79 Å². The lowest BCUT2D eigenvalue weighted by Gasteiger charge is -2.16. The van der Waals surface area contributed by atoms with Crippen molar-refractivity contribution in [3.63, 3.8) is 0 Å². The number of hydrogen-bond acceptors (Lipinski definition) is 4. The molecule has 0 amide bonds. The smallest absolute Gasteiger partial charge is 0.414 e. The van der Waals surface area contributed by atoms with Gasteiger partial charge in [0.25, 0.3) is 0 Å². The second kappa shape index (κ2) is 5.95. The minimum absolute atomic E-state index is 0.0706. The summed E-state index contributed by atoms with van der Waals surface area (Å²) in [4.78, 5) is 23.4. The maximum atomic E-state index is 10.5. The highest BCUT2D eigenvalue weighted by molar-refractivity contribution is 6.20. The molecule has 1 aliphatic carbocycles. The maximum absolute atomic E-state index is 10.5. The summed E-state index contributed by atoms with van der Waals surface area (Å²) in [5, 5.41) is 8.50. The molecule has 0 radical (unpaired) electrons. The zero-order valence-electron chi connectivity index (χ0n) is 11.2. The number of hydrogen-bond donors (Lipinski definition) is 1. The van der Waals surface area contributed by atoms with Crippen molar-refractivity contribution in [3.05, 3.63) is 5.53 Å². The summed E-state index contributed by atoms with van der Waals surface area (Å²) in [5.74, 6) is -0.660. The number of carbonyl (C=O) groups excluding carboxylic acids is 1. The number of esters is 1. The third-order valence-corrected chi connectivity index (χ3v) is 2.81. The van der Waals surface area contributed by atoms with Crippen LogP contribution in [0, 0.1) is 17.8 Å². The summed E-state index contributed by atoms with van der Waals surface area (Å²) in [6, 6.07) is 0. The Hall–Kier alpha value is -1.72. The Labute approximate surface area is 111 Å². The third kappa shape index (κ3) is 4.81. The topological polar surface area (TPSA) is 109 Å². The van der Waals surface area contributed by atoms with Crippen molar-refractivity contribution in [2.45, 2.75) is 26.4 Å². The molecule has 0 aromatic carbocycles. The van der Waals surface area contributed by atoms with Crippen LogP contribution in [0.5, 0.6) is 0 Å². The highest BCUT2D eigenvalue weighted by Gasteiger charge is 2.58. The summed E-state index contributed by atoms with van der Waals surface area (Å²) in [5.41, 5.74) is 7.37. The maximum Gasteiger partial charge on any atom is 0.414 e. The van der Waals surface area contributed by atoms with Gasteiger partial charge in [-0.25, -0.2) is 4.79 Å². The third-order valence-electron chi connectivity index (χ3n) is 2.81. The molecule has 1 unspecified atom stereocenters. The number of carbonyl (C=O) groups is 2. The quantitative estimate of drug-likeness (QED) is 0.342. The summed E-state index contributed by atoms with van der Waals surface area (Å²) in [6.07, 6.45) is 0.714. The highest BCUT2D eigenvalue weighted by atomic mass is 16.6. The van der Waals surface area contributed by atoms with E-state index in [1.807, 2.05) is 0 Å². The first-order valence-electron chi connectivity index (χ1n) is 5.97. The molecule has 0 aromatic heterocycles. The number of carboxylic acids is 1. The lowest BCUT2D eigenvalue weighted by molar-refractivity contribution is -0.149. The van der Waals surface area contributed by atoms with Gasteiger partial charge < -0.3 is 20.1 Å². The number of fused-ring (bicyclic) bond motifs is 1. The Morgan fingerprint density at radius 1 is 1.37 bits per heavy atom. The van der Waals surface area contributed by atoms with Crippen molar-refractivity contribution in [1.29, 1.82) is 0 Å². The zero-order chi connectivity index (χ0) is 14.6. The fourth-order valence-corrected chi connectivity index (χ4v) is 1.98. The molecule has 0 aromatic rings. The summed E-state index contributed by atoms with van der Waals surface area (Å²) in [7, 11) is 0. The van der Waals surface area contributed by atoms with Gasteiger partial charge in [0.15, 0.2) is 0 Å². The summed E-state index contributed by atoms with van der Waals surface area (Å²) < 4.78 is 9.75. The Morgan fingerprint density at radius 2 is 1.89 bits per heavy atom. The molecule has 0 spiro atoms. The SMILES string of the molecule is CC(C)(C)OC(=O)C=[N+]=[N-].O=C(O)C1[C@H]2COC[C@@H]12. The van der Waals surface area contributed by atoms with Gasteiger partial charge in [-0.15, -0.1) is 0 Å². The van der Waals surface area contributed by atoms with E-state index in [-0.39, 0.29) is 5.92 Å². The molecule has 19 heavy (non-hydrogen) atoms. The minimum Gasteiger partial charge on any atom is -0.481 e. The Balaban J connectivity index is 0.000000190. The van der Waals surface area contributed by atoms with Crippen molar-refractivity contribution in [3.8, 4) is 0 Å². The fraction of sp³-hybridized carbons (Fsp3) is 0.750. The van der Waals surface area contributed by atoms with Crippen molar-refractivity contribution >= 4 is 18.2 Å². The van der Waals surface area contributed by atoms with Gasteiger partial charge in [-0.3, -0.25) is 4.79 Å². The van der Waals surface area contributed by atoms with E-state index in [0.717, 1.165) is 0 Å². The molecule has 0 bridgehead atoms. The average Bonchev–Trinajstić information content (AvgIpc) is 2.73. The zero-order valence-corrected chi connectivity index (χ0v) is 11.2. The first kappa shape index (κ1) is 15.3. The molecule has 106 valence electrons. The van der Waals surface area contributed by atoms with Crippen LogP contribution in [0.4, 0.5) is 0 Å². The Kier molecular flexibility index (Phi) is 4.80. The number of aliphatic carboxylic acids is 1. The van der Waals surface area contributed by atoms with Crippen molar-refractivity contribution in [2.75, 3.05) is 13.2 Å². The fourth-order valence-electron chi connectivity index (χ4n) is 1.98. The predicted molar refractivity (Wildman–Crippen MR) is 64.5 cm³/mol. The molecule has 1 N–H and O–H groups in total. The normalized spacial score (nSPS) is 27.2. The van der Waals surface area contributed by atoms with Gasteiger partial charge in [-0.2, -0.15) is 4.79 Å². The van der Waals surface area contributed by atoms with Gasteiger partial charge >= 0.3 is 18.2 Å². The van der Waals surface area contributed by atoms with E-state index in [0.29, 0.717) is 31.3 Å². The molecule has 2 rings (SSSR count). The summed E-state index contributed by atoms with van der Waals surface area (Å²) in [6.45, 7) is 6.53. The van der Waals surface area contributed by atoms with Gasteiger partial charge in [0.05, 0.1) is 19.1 Å². The molecule has 2 aliphatic rings. The van der Waals surface area contributed by atoms with Gasteiger partial charge in [-0.05, 0) is 20.8 Å². The van der Waals surface area contributed by atoms with Gasteiger partial charge in [0, 0.05) is 11.8 Å². The van der Waals surface area contributed by atoms with Crippen LogP contribution in [0.2, 0.25) is 0 Å². The lowest BCUT2D eigenvalue weighted by Crippen LogP contribution is -2.24. The molecule has 3 atom stereocenters. The number of nitrogens with zero attached hydrogens (tertiary/aromatic N) is 2. The van der Waals surface area contributed by atoms with Crippen molar-refractivity contribution in [1.82, 2.24) is 0 Å². The minimum atomic E-state index is -0.645. The van der Waals surface area contributed by atoms with Gasteiger partial charge in [0.1, 0.15) is 5.60 Å². The van der Waals surface area contributed by atoms with E-state index in [9.17, 15) is 9.59 Å². The average molecular weight is 270 g/mol. The predicted octanol–water partition coefficient (Wildman–Crippen LogP) is 0.592. The van der Waals surface area contributed by atoms with Crippen LogP contribution in [0.15, 0.2) is 0 Å². The lowest BCUT2D eigenvalue weighted by atomic mass is 10.2.